The lowest BCUT2D eigenvalue weighted by atomic mass is 9.86. The van der Waals surface area contributed by atoms with Crippen LogP contribution in [0.1, 0.15) is 36.8 Å². The fourth-order valence-corrected chi connectivity index (χ4v) is 9.18. The maximum absolute atomic E-state index is 13.6. The van der Waals surface area contributed by atoms with Gasteiger partial charge in [0, 0.05) is 60.6 Å². The maximum Gasteiger partial charge on any atom is 0.325 e. The Hall–Kier alpha value is -5.03. The van der Waals surface area contributed by atoms with Crippen LogP contribution in [0.5, 0.6) is 11.5 Å². The van der Waals surface area contributed by atoms with Crippen molar-refractivity contribution in [2.75, 3.05) is 77.4 Å². The van der Waals surface area contributed by atoms with E-state index < -0.39 is 5.37 Å². The molecule has 14 nitrogen and oxygen atoms in total. The van der Waals surface area contributed by atoms with Crippen molar-refractivity contribution < 1.29 is 28.7 Å². The van der Waals surface area contributed by atoms with Gasteiger partial charge in [0.05, 0.1) is 38.4 Å². The Balaban J connectivity index is 0.000000191. The molecule has 336 valence electrons. The van der Waals surface area contributed by atoms with E-state index in [1.165, 1.54) is 7.05 Å². The van der Waals surface area contributed by atoms with Crippen LogP contribution in [0, 0.1) is 0 Å². The van der Waals surface area contributed by atoms with Crippen LogP contribution < -0.4 is 35.2 Å². The highest BCUT2D eigenvalue weighted by Crippen LogP contribution is 2.41. The summed E-state index contributed by atoms with van der Waals surface area (Å²) in [5.41, 5.74) is 3.51. The Morgan fingerprint density at radius 2 is 1.08 bits per heavy atom. The number of piperidine rings is 2. The Bertz CT molecular complexity index is 2200. The van der Waals surface area contributed by atoms with Gasteiger partial charge in [-0.25, -0.2) is 14.4 Å². The fraction of sp³-hybridized carbons (Fsp3) is 0.391. The third kappa shape index (κ3) is 11.4. The van der Waals surface area contributed by atoms with E-state index >= 15 is 0 Å². The van der Waals surface area contributed by atoms with Gasteiger partial charge < -0.3 is 40.1 Å². The van der Waals surface area contributed by atoms with Crippen molar-refractivity contribution in [2.45, 2.75) is 49.9 Å². The molecular weight excluding hydrogens is 956 g/mol. The lowest BCUT2D eigenvalue weighted by Crippen LogP contribution is -2.56. The van der Waals surface area contributed by atoms with Crippen LogP contribution in [-0.2, 0) is 13.1 Å². The topological polar surface area (TPSA) is 139 Å². The molecule has 0 radical (unpaired) electrons. The predicted molar refractivity (Wildman–Crippen MR) is 254 cm³/mol. The molecule has 4 heterocycles. The van der Waals surface area contributed by atoms with Crippen LogP contribution in [0.15, 0.2) is 106 Å². The summed E-state index contributed by atoms with van der Waals surface area (Å²) in [6.07, 6.45) is 3.41. The van der Waals surface area contributed by atoms with Crippen LogP contribution in [0.3, 0.4) is 0 Å². The molecule has 17 heteroatoms. The Morgan fingerprint density at radius 1 is 0.667 bits per heavy atom. The fourth-order valence-electron chi connectivity index (χ4n) is 8.65. The Labute approximate surface area is 391 Å². The number of halogens is 3. The molecule has 4 aromatic rings. The van der Waals surface area contributed by atoms with Crippen molar-refractivity contribution in [2.24, 2.45) is 0 Å². The van der Waals surface area contributed by atoms with E-state index in [1.54, 1.807) is 21.3 Å². The first-order valence-electron chi connectivity index (χ1n) is 20.8. The van der Waals surface area contributed by atoms with Crippen molar-refractivity contribution in [3.8, 4) is 11.5 Å². The molecule has 4 saturated heterocycles. The Kier molecular flexibility index (Phi) is 16.2. The summed E-state index contributed by atoms with van der Waals surface area (Å²) < 4.78 is 12.7. The molecule has 0 atom stereocenters. The van der Waals surface area contributed by atoms with E-state index in [4.69, 9.17) is 21.1 Å². The number of hydrogen-bond acceptors (Lipinski definition) is 7. The minimum atomic E-state index is -0.523. The van der Waals surface area contributed by atoms with Gasteiger partial charge in [0.2, 0.25) is 0 Å². The molecule has 0 aromatic heterocycles. The number of likely N-dealkylation sites (tertiary alicyclic amines) is 1. The van der Waals surface area contributed by atoms with Crippen LogP contribution in [0.4, 0.5) is 30.6 Å². The lowest BCUT2D eigenvalue weighted by Gasteiger charge is -2.43. The minimum absolute atomic E-state index is 0.00136. The molecule has 2 spiro atoms. The molecule has 0 bridgehead atoms. The first-order valence-corrected chi connectivity index (χ1v) is 22.8. The summed E-state index contributed by atoms with van der Waals surface area (Å²) in [5, 5.41) is 7.77. The van der Waals surface area contributed by atoms with Crippen LogP contribution in [0.2, 0.25) is 0 Å². The van der Waals surface area contributed by atoms with Crippen molar-refractivity contribution in [3.05, 3.63) is 117 Å². The highest BCUT2D eigenvalue weighted by molar-refractivity contribution is 9.10. The number of rotatable bonds is 8. The second kappa shape index (κ2) is 21.6. The van der Waals surface area contributed by atoms with Crippen LogP contribution >= 0.6 is 43.5 Å². The summed E-state index contributed by atoms with van der Waals surface area (Å²) in [7, 11) is 6.43. The number of ether oxygens (including phenoxy) is 2. The van der Waals surface area contributed by atoms with Gasteiger partial charge in [0.15, 0.2) is 0 Å². The van der Waals surface area contributed by atoms with Crippen LogP contribution in [0.25, 0.3) is 0 Å². The molecule has 0 saturated carbocycles. The molecule has 0 aliphatic carbocycles. The number of amides is 7. The van der Waals surface area contributed by atoms with Crippen LogP contribution in [-0.4, -0.2) is 117 Å². The number of nitrogens with zero attached hydrogens (tertiary/aromatic N) is 5. The molecule has 3 N–H and O–H groups in total. The van der Waals surface area contributed by atoms with Crippen molar-refractivity contribution in [1.82, 2.24) is 30.7 Å². The number of carbonyl (C=O) groups excluding carboxylic acids is 4. The maximum atomic E-state index is 13.6. The Morgan fingerprint density at radius 3 is 1.46 bits per heavy atom. The van der Waals surface area contributed by atoms with Gasteiger partial charge in [-0.05, 0) is 134 Å². The van der Waals surface area contributed by atoms with Gasteiger partial charge >= 0.3 is 23.5 Å². The zero-order valence-corrected chi connectivity index (χ0v) is 40.0. The molecule has 4 fully saturated rings. The lowest BCUT2D eigenvalue weighted by molar-refractivity contribution is 0.0834. The minimum Gasteiger partial charge on any atom is -0.497 e. The second-order valence-electron chi connectivity index (χ2n) is 15.8. The van der Waals surface area contributed by atoms with E-state index in [0.29, 0.717) is 32.7 Å². The number of anilines is 2. The zero-order valence-electron chi connectivity index (χ0n) is 36.0. The average molecular weight is 1010 g/mol. The quantitative estimate of drug-likeness (QED) is 0.119. The highest BCUT2D eigenvalue weighted by atomic mass is 79.9. The zero-order chi connectivity index (χ0) is 45.1. The number of methoxy groups -OCH3 is 2. The normalized spacial score (nSPS) is 17.5. The number of urea groups is 3. The van der Waals surface area contributed by atoms with E-state index in [-0.39, 0.29) is 29.2 Å². The highest BCUT2D eigenvalue weighted by Gasteiger charge is 2.52. The van der Waals surface area contributed by atoms with Gasteiger partial charge in [-0.15, -0.1) is 0 Å². The third-order valence-corrected chi connectivity index (χ3v) is 13.4. The predicted octanol–water partition coefficient (Wildman–Crippen LogP) is 8.66. The van der Waals surface area contributed by atoms with Gasteiger partial charge in [-0.1, -0.05) is 56.1 Å². The molecule has 8 rings (SSSR count). The number of benzene rings is 4. The second-order valence-corrected chi connectivity index (χ2v) is 18.0. The van der Waals surface area contributed by atoms with E-state index in [2.05, 4.69) is 58.8 Å². The SMILES string of the molecule is CNC(=O)Cl.CNC(=O)N1CCC2(CC1)CN(c1ccc(Br)cc1)C(=O)N2Cc1cccc(OC)c1.COc1cccc(CN2C(=O)N(c3ccc(Br)cc3)CC23CCNCC3)c1. The molecule has 7 amide bonds. The van der Waals surface area contributed by atoms with E-state index in [0.717, 1.165) is 88.3 Å². The summed E-state index contributed by atoms with van der Waals surface area (Å²) >= 11 is 11.7. The average Bonchev–Trinajstić information content (AvgIpc) is 3.72. The first-order chi connectivity index (χ1) is 30.3. The van der Waals surface area contributed by atoms with Gasteiger partial charge in [-0.3, -0.25) is 14.6 Å². The first kappa shape index (κ1) is 47.4. The number of hydrogen-bond donors (Lipinski definition) is 3. The molecular formula is C46H55Br2ClN8O6. The molecule has 4 aromatic carbocycles. The molecule has 63 heavy (non-hydrogen) atoms. The smallest absolute Gasteiger partial charge is 0.325 e. The summed E-state index contributed by atoms with van der Waals surface area (Å²) in [6.45, 7) is 5.57. The van der Waals surface area contributed by atoms with Gasteiger partial charge in [-0.2, -0.15) is 0 Å². The largest absolute Gasteiger partial charge is 0.497 e. The van der Waals surface area contributed by atoms with Gasteiger partial charge in [0.1, 0.15) is 11.5 Å². The van der Waals surface area contributed by atoms with Crippen molar-refractivity contribution in [1.29, 1.82) is 0 Å². The molecule has 4 aliphatic rings. The number of carbonyl (C=O) groups is 4. The summed E-state index contributed by atoms with van der Waals surface area (Å²) in [4.78, 5) is 58.3. The van der Waals surface area contributed by atoms with E-state index in [9.17, 15) is 19.2 Å². The molecule has 4 aliphatic heterocycles. The monoisotopic (exact) mass is 1010 g/mol. The summed E-state index contributed by atoms with van der Waals surface area (Å²) in [6, 6.07) is 31.7. The van der Waals surface area contributed by atoms with Crippen molar-refractivity contribution in [3.63, 3.8) is 0 Å². The van der Waals surface area contributed by atoms with E-state index in [1.807, 2.05) is 111 Å². The number of nitrogens with one attached hydrogen (secondary N) is 3. The standard InChI is InChI=1S/C23H27BrN4O3.C21H24BrN3O2.C2H4ClNO/c1-25-21(29)26-12-10-23(11-13-26)16-27(19-8-6-18(24)7-9-19)22(30)28(23)15-17-4-3-5-20(14-17)31-2;1-27-19-4-2-3-16(13-19)14-25-20(26)24(18-7-5-17(22)6-8-18)15-21(25)9-11-23-12-10-21;1-4-2(3)5/h3-9,14H,10-13,15-16H2,1-2H3,(H,25,29);2-8,13,23H,9-12,14-15H2,1H3;1H3,(H,4,5). The van der Waals surface area contributed by atoms with Crippen molar-refractivity contribution >= 4 is 78.3 Å². The third-order valence-electron chi connectivity index (χ3n) is 12.1. The molecule has 0 unspecified atom stereocenters. The summed E-state index contributed by atoms with van der Waals surface area (Å²) in [5.74, 6) is 1.60. The van der Waals surface area contributed by atoms with Gasteiger partial charge in [0.25, 0.3) is 0 Å².